The van der Waals surface area contributed by atoms with E-state index < -0.39 is 0 Å². The summed E-state index contributed by atoms with van der Waals surface area (Å²) in [5.74, 6) is 0.507. The number of pyridine rings is 1. The van der Waals surface area contributed by atoms with Crippen LogP contribution in [0.3, 0.4) is 0 Å². The number of benzene rings is 1. The minimum atomic E-state index is 0.507. The Balaban J connectivity index is 2.31. The van der Waals surface area contributed by atoms with Gasteiger partial charge in [0, 0.05) is 29.2 Å². The standard InChI is InChI=1S/C12H10N4/c13-12-5-6-16(15-12)11-8-14-7-9-3-1-2-4-10(9)11/h1-8H,(H2,13,15). The molecule has 1 aromatic carbocycles. The Labute approximate surface area is 92.3 Å². The second-order valence-electron chi connectivity index (χ2n) is 3.56. The van der Waals surface area contributed by atoms with Gasteiger partial charge in [0.1, 0.15) is 5.82 Å². The Hall–Kier alpha value is -2.36. The maximum absolute atomic E-state index is 5.61. The first kappa shape index (κ1) is 8.91. The van der Waals surface area contributed by atoms with Crippen molar-refractivity contribution in [3.05, 3.63) is 48.9 Å². The van der Waals surface area contributed by atoms with Crippen LogP contribution in [-0.4, -0.2) is 14.8 Å². The maximum Gasteiger partial charge on any atom is 0.145 e. The number of nitrogen functional groups attached to an aromatic ring is 1. The highest BCUT2D eigenvalue weighted by Crippen LogP contribution is 2.20. The van der Waals surface area contributed by atoms with Crippen molar-refractivity contribution in [1.29, 1.82) is 0 Å². The van der Waals surface area contributed by atoms with Crippen LogP contribution in [-0.2, 0) is 0 Å². The van der Waals surface area contributed by atoms with Crippen LogP contribution in [0, 0.1) is 0 Å². The van der Waals surface area contributed by atoms with Crippen LogP contribution >= 0.6 is 0 Å². The summed E-state index contributed by atoms with van der Waals surface area (Å²) in [6.07, 6.45) is 5.46. The lowest BCUT2D eigenvalue weighted by Crippen LogP contribution is -1.98. The van der Waals surface area contributed by atoms with Crippen LogP contribution in [0.1, 0.15) is 0 Å². The second kappa shape index (κ2) is 3.34. The molecule has 0 saturated carbocycles. The van der Waals surface area contributed by atoms with Crippen LogP contribution in [0.15, 0.2) is 48.9 Å². The zero-order valence-electron chi connectivity index (χ0n) is 8.54. The summed E-state index contributed by atoms with van der Waals surface area (Å²) in [6, 6.07) is 9.83. The van der Waals surface area contributed by atoms with Gasteiger partial charge in [-0.2, -0.15) is 5.10 Å². The minimum Gasteiger partial charge on any atom is -0.382 e. The van der Waals surface area contributed by atoms with E-state index in [1.165, 1.54) is 0 Å². The first-order valence-corrected chi connectivity index (χ1v) is 4.99. The van der Waals surface area contributed by atoms with Crippen LogP contribution in [0.5, 0.6) is 0 Å². The van der Waals surface area contributed by atoms with Crippen molar-refractivity contribution in [1.82, 2.24) is 14.8 Å². The van der Waals surface area contributed by atoms with Crippen LogP contribution in [0.4, 0.5) is 5.82 Å². The fourth-order valence-corrected chi connectivity index (χ4v) is 1.76. The van der Waals surface area contributed by atoms with Crippen molar-refractivity contribution >= 4 is 16.6 Å². The molecule has 78 valence electrons. The molecule has 0 unspecified atom stereocenters. The number of rotatable bonds is 1. The molecule has 4 heteroatoms. The smallest absolute Gasteiger partial charge is 0.145 e. The third-order valence-electron chi connectivity index (χ3n) is 2.50. The first-order chi connectivity index (χ1) is 7.84. The average molecular weight is 210 g/mol. The highest BCUT2D eigenvalue weighted by molar-refractivity contribution is 5.88. The molecule has 3 rings (SSSR count). The molecule has 0 aliphatic rings. The second-order valence-corrected chi connectivity index (χ2v) is 3.56. The molecule has 0 amide bonds. The predicted molar refractivity (Wildman–Crippen MR) is 63.3 cm³/mol. The van der Waals surface area contributed by atoms with E-state index in [2.05, 4.69) is 10.1 Å². The number of fused-ring (bicyclic) bond motifs is 1. The van der Waals surface area contributed by atoms with E-state index in [4.69, 9.17) is 5.73 Å². The number of hydrogen-bond donors (Lipinski definition) is 1. The van der Waals surface area contributed by atoms with Gasteiger partial charge in [-0.15, -0.1) is 0 Å². The average Bonchev–Trinajstić information content (AvgIpc) is 2.75. The molecule has 0 saturated heterocycles. The molecule has 0 fully saturated rings. The molecule has 0 bridgehead atoms. The summed E-state index contributed by atoms with van der Waals surface area (Å²) in [7, 11) is 0. The van der Waals surface area contributed by atoms with Crippen molar-refractivity contribution in [2.45, 2.75) is 0 Å². The van der Waals surface area contributed by atoms with E-state index in [1.54, 1.807) is 16.9 Å². The zero-order chi connectivity index (χ0) is 11.0. The fourth-order valence-electron chi connectivity index (χ4n) is 1.76. The quantitative estimate of drug-likeness (QED) is 0.668. The molecule has 2 N–H and O–H groups in total. The monoisotopic (exact) mass is 210 g/mol. The normalized spacial score (nSPS) is 10.8. The summed E-state index contributed by atoms with van der Waals surface area (Å²) in [6.45, 7) is 0. The molecular weight excluding hydrogens is 200 g/mol. The summed E-state index contributed by atoms with van der Waals surface area (Å²) in [5.41, 5.74) is 6.55. The molecule has 0 spiro atoms. The van der Waals surface area contributed by atoms with Gasteiger partial charge in [0.05, 0.1) is 11.9 Å². The highest BCUT2D eigenvalue weighted by atomic mass is 15.3. The Bertz CT molecular complexity index is 637. The van der Waals surface area contributed by atoms with Crippen molar-refractivity contribution in [3.8, 4) is 5.69 Å². The summed E-state index contributed by atoms with van der Waals surface area (Å²) in [4.78, 5) is 4.20. The van der Waals surface area contributed by atoms with Gasteiger partial charge in [-0.05, 0) is 0 Å². The Morgan fingerprint density at radius 3 is 2.75 bits per heavy atom. The van der Waals surface area contributed by atoms with Crippen molar-refractivity contribution < 1.29 is 0 Å². The van der Waals surface area contributed by atoms with E-state index in [0.29, 0.717) is 5.82 Å². The van der Waals surface area contributed by atoms with Crippen molar-refractivity contribution in [2.75, 3.05) is 5.73 Å². The third-order valence-corrected chi connectivity index (χ3v) is 2.50. The molecule has 0 aliphatic carbocycles. The topological polar surface area (TPSA) is 56.7 Å². The van der Waals surface area contributed by atoms with Gasteiger partial charge in [-0.3, -0.25) is 4.98 Å². The van der Waals surface area contributed by atoms with Crippen LogP contribution < -0.4 is 5.73 Å². The lowest BCUT2D eigenvalue weighted by atomic mass is 10.1. The number of hydrogen-bond acceptors (Lipinski definition) is 3. The van der Waals surface area contributed by atoms with Gasteiger partial charge >= 0.3 is 0 Å². The molecule has 0 atom stereocenters. The predicted octanol–water partition coefficient (Wildman–Crippen LogP) is 2.00. The lowest BCUT2D eigenvalue weighted by molar-refractivity contribution is 0.887. The molecule has 16 heavy (non-hydrogen) atoms. The Morgan fingerprint density at radius 2 is 1.94 bits per heavy atom. The van der Waals surface area contributed by atoms with Gasteiger partial charge in [-0.1, -0.05) is 24.3 Å². The Morgan fingerprint density at radius 1 is 1.06 bits per heavy atom. The van der Waals surface area contributed by atoms with Gasteiger partial charge in [-0.25, -0.2) is 4.68 Å². The van der Waals surface area contributed by atoms with E-state index in [0.717, 1.165) is 16.5 Å². The maximum atomic E-state index is 5.61. The number of anilines is 1. The van der Waals surface area contributed by atoms with Gasteiger partial charge in [0.2, 0.25) is 0 Å². The van der Waals surface area contributed by atoms with Crippen molar-refractivity contribution in [3.63, 3.8) is 0 Å². The highest BCUT2D eigenvalue weighted by Gasteiger charge is 2.03. The van der Waals surface area contributed by atoms with Gasteiger partial charge in [0.15, 0.2) is 0 Å². The lowest BCUT2D eigenvalue weighted by Gasteiger charge is -2.05. The number of aromatic nitrogens is 3. The fraction of sp³-hybridized carbons (Fsp3) is 0. The Kier molecular flexibility index (Phi) is 1.86. The van der Waals surface area contributed by atoms with E-state index in [1.807, 2.05) is 36.7 Å². The summed E-state index contributed by atoms with van der Waals surface area (Å²) < 4.78 is 1.74. The van der Waals surface area contributed by atoms with Crippen molar-refractivity contribution in [2.24, 2.45) is 0 Å². The van der Waals surface area contributed by atoms with E-state index in [-0.39, 0.29) is 0 Å². The molecule has 3 aromatic rings. The molecule has 0 radical (unpaired) electrons. The third kappa shape index (κ3) is 1.32. The summed E-state index contributed by atoms with van der Waals surface area (Å²) >= 11 is 0. The molecule has 0 aliphatic heterocycles. The van der Waals surface area contributed by atoms with Gasteiger partial charge < -0.3 is 5.73 Å². The zero-order valence-corrected chi connectivity index (χ0v) is 8.54. The van der Waals surface area contributed by atoms with Gasteiger partial charge in [0.25, 0.3) is 0 Å². The molecular formula is C12H10N4. The minimum absolute atomic E-state index is 0.507. The molecule has 2 heterocycles. The van der Waals surface area contributed by atoms with E-state index in [9.17, 15) is 0 Å². The van der Waals surface area contributed by atoms with E-state index >= 15 is 0 Å². The summed E-state index contributed by atoms with van der Waals surface area (Å²) in [5, 5.41) is 6.39. The van der Waals surface area contributed by atoms with Crippen LogP contribution in [0.25, 0.3) is 16.5 Å². The molecule has 2 aromatic heterocycles. The SMILES string of the molecule is Nc1ccn(-c2cncc3ccccc23)n1. The largest absolute Gasteiger partial charge is 0.382 e. The van der Waals surface area contributed by atoms with Crippen LogP contribution in [0.2, 0.25) is 0 Å². The molecule has 4 nitrogen and oxygen atoms in total. The first-order valence-electron chi connectivity index (χ1n) is 4.99. The number of nitrogens with two attached hydrogens (primary N) is 1. The number of nitrogens with zero attached hydrogens (tertiary/aromatic N) is 3.